The van der Waals surface area contributed by atoms with E-state index in [1.165, 1.54) is 18.1 Å². The fourth-order valence-electron chi connectivity index (χ4n) is 1.77. The molecule has 1 unspecified atom stereocenters. The molecule has 90 valence electrons. The van der Waals surface area contributed by atoms with Gasteiger partial charge < -0.3 is 15.6 Å². The molecule has 0 saturated carbocycles. The fraction of sp³-hybridized carbons (Fsp3) is 0.444. The summed E-state index contributed by atoms with van der Waals surface area (Å²) in [6, 6.07) is 0. The monoisotopic (exact) mass is 253 g/mol. The van der Waals surface area contributed by atoms with Crippen LogP contribution in [0.15, 0.2) is 12.7 Å². The Balaban J connectivity index is 1.99. The number of rotatable bonds is 2. The van der Waals surface area contributed by atoms with E-state index in [4.69, 9.17) is 15.6 Å². The lowest BCUT2D eigenvalue weighted by Crippen LogP contribution is -2.05. The van der Waals surface area contributed by atoms with Gasteiger partial charge in [0.2, 0.25) is 0 Å². The summed E-state index contributed by atoms with van der Waals surface area (Å²) in [7, 11) is 0. The van der Waals surface area contributed by atoms with Crippen LogP contribution in [0, 0.1) is 0 Å². The van der Waals surface area contributed by atoms with E-state index in [2.05, 4.69) is 15.0 Å². The Hall–Kier alpha value is -1.38. The zero-order chi connectivity index (χ0) is 11.8. The molecule has 17 heavy (non-hydrogen) atoms. The number of aromatic nitrogens is 4. The molecule has 0 aliphatic carbocycles. The molecular weight excluding hydrogens is 242 g/mol. The molecular formula is C9H11N5O2S. The second-order valence-electron chi connectivity index (χ2n) is 3.62. The molecule has 2 atom stereocenters. The van der Waals surface area contributed by atoms with Crippen LogP contribution in [0.25, 0.3) is 11.2 Å². The summed E-state index contributed by atoms with van der Waals surface area (Å²) in [4.78, 5) is 12.3. The molecule has 1 aliphatic heterocycles. The van der Waals surface area contributed by atoms with E-state index in [1.54, 1.807) is 6.33 Å². The third-order valence-electron chi connectivity index (χ3n) is 2.58. The van der Waals surface area contributed by atoms with Crippen LogP contribution in [0.2, 0.25) is 0 Å². The molecule has 0 radical (unpaired) electrons. The highest BCUT2D eigenvalue weighted by molar-refractivity contribution is 8.00. The fourth-order valence-corrected chi connectivity index (χ4v) is 2.80. The van der Waals surface area contributed by atoms with Gasteiger partial charge in [-0.25, -0.2) is 15.0 Å². The van der Waals surface area contributed by atoms with Crippen LogP contribution in [-0.4, -0.2) is 43.3 Å². The Morgan fingerprint density at radius 2 is 2.41 bits per heavy atom. The number of imidazole rings is 1. The van der Waals surface area contributed by atoms with Gasteiger partial charge in [-0.2, -0.15) is 0 Å². The molecule has 3 heterocycles. The van der Waals surface area contributed by atoms with Crippen LogP contribution in [0.5, 0.6) is 0 Å². The first-order valence-corrected chi connectivity index (χ1v) is 6.05. The zero-order valence-electron chi connectivity index (χ0n) is 8.85. The topological polar surface area (TPSA) is 99.1 Å². The van der Waals surface area contributed by atoms with Crippen molar-refractivity contribution in [3.8, 4) is 0 Å². The highest BCUT2D eigenvalue weighted by Crippen LogP contribution is 2.36. The van der Waals surface area contributed by atoms with E-state index in [0.717, 1.165) is 0 Å². The summed E-state index contributed by atoms with van der Waals surface area (Å²) in [5.74, 6) is 0.372. The van der Waals surface area contributed by atoms with Crippen molar-refractivity contribution >= 4 is 28.7 Å². The summed E-state index contributed by atoms with van der Waals surface area (Å²) in [6.45, 7) is 0.524. The van der Waals surface area contributed by atoms with Crippen molar-refractivity contribution in [1.82, 2.24) is 19.5 Å². The van der Waals surface area contributed by atoms with Crippen LogP contribution >= 0.6 is 11.8 Å². The predicted molar refractivity (Wildman–Crippen MR) is 63.2 cm³/mol. The lowest BCUT2D eigenvalue weighted by atomic mass is 10.5. The molecule has 2 aromatic heterocycles. The van der Waals surface area contributed by atoms with E-state index in [1.807, 2.05) is 4.57 Å². The van der Waals surface area contributed by atoms with Crippen molar-refractivity contribution in [3.63, 3.8) is 0 Å². The second kappa shape index (κ2) is 4.13. The van der Waals surface area contributed by atoms with Crippen molar-refractivity contribution in [2.45, 2.75) is 10.8 Å². The Bertz CT molecular complexity index is 545. The number of fused-ring (bicyclic) bond motifs is 1. The van der Waals surface area contributed by atoms with E-state index >= 15 is 0 Å². The Morgan fingerprint density at radius 1 is 1.53 bits per heavy atom. The molecule has 1 aliphatic rings. The summed E-state index contributed by atoms with van der Waals surface area (Å²) >= 11 is 1.54. The molecule has 1 fully saturated rings. The van der Waals surface area contributed by atoms with Gasteiger partial charge in [0.05, 0.1) is 19.5 Å². The SMILES string of the molecule is Nc1ncnc2c1ncn2[C@@H]1COC(CO)S1. The quantitative estimate of drug-likeness (QED) is 0.776. The van der Waals surface area contributed by atoms with Crippen molar-refractivity contribution in [2.24, 2.45) is 0 Å². The molecule has 8 heteroatoms. The molecule has 0 aromatic carbocycles. The van der Waals surface area contributed by atoms with E-state index in [0.29, 0.717) is 23.6 Å². The normalized spacial score (nSPS) is 24.5. The maximum atomic E-state index is 9.02. The third kappa shape index (κ3) is 1.74. The second-order valence-corrected chi connectivity index (χ2v) is 4.96. The van der Waals surface area contributed by atoms with Crippen molar-refractivity contribution in [2.75, 3.05) is 18.9 Å². The molecule has 0 bridgehead atoms. The Kier molecular flexibility index (Phi) is 2.61. The van der Waals surface area contributed by atoms with Crippen molar-refractivity contribution in [3.05, 3.63) is 12.7 Å². The van der Waals surface area contributed by atoms with Gasteiger partial charge in [-0.05, 0) is 0 Å². The maximum Gasteiger partial charge on any atom is 0.166 e. The smallest absolute Gasteiger partial charge is 0.166 e. The molecule has 0 spiro atoms. The van der Waals surface area contributed by atoms with Crippen LogP contribution in [0.3, 0.4) is 0 Å². The highest BCUT2D eigenvalue weighted by atomic mass is 32.2. The number of nitrogens with zero attached hydrogens (tertiary/aromatic N) is 4. The molecule has 2 aromatic rings. The van der Waals surface area contributed by atoms with Crippen LogP contribution in [-0.2, 0) is 4.74 Å². The van der Waals surface area contributed by atoms with E-state index < -0.39 is 0 Å². The number of aliphatic hydroxyl groups excluding tert-OH is 1. The number of aliphatic hydroxyl groups is 1. The summed E-state index contributed by atoms with van der Waals surface area (Å²) in [5, 5.41) is 9.08. The average molecular weight is 253 g/mol. The zero-order valence-corrected chi connectivity index (χ0v) is 9.67. The van der Waals surface area contributed by atoms with Gasteiger partial charge in [0.15, 0.2) is 11.5 Å². The standard InChI is InChI=1S/C9H11N5O2S/c10-8-7-9(12-3-11-8)14(4-13-7)5-2-16-6(1-15)17-5/h3-6,15H,1-2H2,(H2,10,11,12)/t5-,6?/m0/s1. The van der Waals surface area contributed by atoms with Crippen molar-refractivity contribution in [1.29, 1.82) is 0 Å². The largest absolute Gasteiger partial charge is 0.393 e. The van der Waals surface area contributed by atoms with Gasteiger partial charge in [0.1, 0.15) is 22.7 Å². The maximum absolute atomic E-state index is 9.02. The molecule has 0 amide bonds. The minimum Gasteiger partial charge on any atom is -0.393 e. The van der Waals surface area contributed by atoms with Gasteiger partial charge in [0, 0.05) is 0 Å². The van der Waals surface area contributed by atoms with Crippen LogP contribution < -0.4 is 5.73 Å². The highest BCUT2D eigenvalue weighted by Gasteiger charge is 2.28. The number of ether oxygens (including phenoxy) is 1. The number of thioether (sulfide) groups is 1. The minimum atomic E-state index is -0.184. The number of hydrogen-bond acceptors (Lipinski definition) is 7. The number of hydrogen-bond donors (Lipinski definition) is 2. The van der Waals surface area contributed by atoms with Crippen LogP contribution in [0.1, 0.15) is 5.37 Å². The van der Waals surface area contributed by atoms with Crippen molar-refractivity contribution < 1.29 is 9.84 Å². The van der Waals surface area contributed by atoms with E-state index in [-0.39, 0.29) is 17.4 Å². The first-order chi connectivity index (χ1) is 8.29. The lowest BCUT2D eigenvalue weighted by Gasteiger charge is -2.09. The third-order valence-corrected chi connectivity index (χ3v) is 3.85. The summed E-state index contributed by atoms with van der Waals surface area (Å²) < 4.78 is 7.30. The molecule has 7 nitrogen and oxygen atoms in total. The minimum absolute atomic E-state index is 0.00488. The lowest BCUT2D eigenvalue weighted by molar-refractivity contribution is 0.0810. The Morgan fingerprint density at radius 3 is 3.18 bits per heavy atom. The first kappa shape index (κ1) is 10.8. The summed E-state index contributed by atoms with van der Waals surface area (Å²) in [6.07, 6.45) is 3.09. The van der Waals surface area contributed by atoms with Gasteiger partial charge in [-0.3, -0.25) is 4.57 Å². The molecule has 1 saturated heterocycles. The van der Waals surface area contributed by atoms with Gasteiger partial charge in [0.25, 0.3) is 0 Å². The average Bonchev–Trinajstić information content (AvgIpc) is 2.94. The first-order valence-electron chi connectivity index (χ1n) is 5.10. The van der Waals surface area contributed by atoms with Gasteiger partial charge >= 0.3 is 0 Å². The van der Waals surface area contributed by atoms with Gasteiger partial charge in [-0.15, -0.1) is 11.8 Å². The summed E-state index contributed by atoms with van der Waals surface area (Å²) in [5.41, 5.74) is 6.82. The molecule has 3 N–H and O–H groups in total. The Labute approximate surface area is 101 Å². The van der Waals surface area contributed by atoms with E-state index in [9.17, 15) is 0 Å². The van der Waals surface area contributed by atoms with Gasteiger partial charge in [-0.1, -0.05) is 0 Å². The number of nitrogens with two attached hydrogens (primary N) is 1. The number of anilines is 1. The predicted octanol–water partition coefficient (Wildman–Crippen LogP) is -0.0111. The molecule has 3 rings (SSSR count). The number of nitrogen functional groups attached to an aromatic ring is 1. The van der Waals surface area contributed by atoms with Crippen LogP contribution in [0.4, 0.5) is 5.82 Å².